The zero-order valence-corrected chi connectivity index (χ0v) is 15.1. The second-order valence-corrected chi connectivity index (χ2v) is 6.25. The van der Waals surface area contributed by atoms with Crippen LogP contribution in [0.3, 0.4) is 0 Å². The average Bonchev–Trinajstić information content (AvgIpc) is 2.47. The van der Waals surface area contributed by atoms with E-state index in [1.54, 1.807) is 7.11 Å². The summed E-state index contributed by atoms with van der Waals surface area (Å²) >= 11 is 7.00. The zero-order chi connectivity index (χ0) is 15.4. The number of rotatable bonds is 5. The predicted molar refractivity (Wildman–Crippen MR) is 92.0 cm³/mol. The van der Waals surface area contributed by atoms with E-state index < -0.39 is 0 Å². The summed E-state index contributed by atoms with van der Waals surface area (Å²) in [6.07, 6.45) is 0. The number of hydrogen-bond acceptors (Lipinski definition) is 3. The molecule has 0 aliphatic heterocycles. The lowest BCUT2D eigenvalue weighted by atomic mass is 9.98. The van der Waals surface area contributed by atoms with Crippen molar-refractivity contribution in [2.45, 2.75) is 13.0 Å². The Morgan fingerprint density at radius 1 is 1.10 bits per heavy atom. The van der Waals surface area contributed by atoms with Crippen LogP contribution in [0.25, 0.3) is 0 Å². The van der Waals surface area contributed by atoms with Crippen molar-refractivity contribution >= 4 is 31.9 Å². The van der Waals surface area contributed by atoms with Crippen LogP contribution < -0.4 is 15.2 Å². The zero-order valence-electron chi connectivity index (χ0n) is 11.9. The number of nitrogens with two attached hydrogens (primary N) is 1. The molecule has 0 saturated carbocycles. The minimum atomic E-state index is -0.280. The molecule has 1 unspecified atom stereocenters. The van der Waals surface area contributed by atoms with Crippen LogP contribution in [0.4, 0.5) is 0 Å². The molecule has 0 heterocycles. The highest BCUT2D eigenvalue weighted by Gasteiger charge is 2.17. The summed E-state index contributed by atoms with van der Waals surface area (Å²) in [6, 6.07) is 11.4. The standard InChI is InChI=1S/C16H17Br2NO2/c1-3-21-11-5-7-12(14(18)9-11)16(19)13-6-4-10(17)8-15(13)20-2/h4-9,16H,3,19H2,1-2H3. The van der Waals surface area contributed by atoms with Crippen molar-refractivity contribution in [3.05, 3.63) is 56.5 Å². The highest BCUT2D eigenvalue weighted by Crippen LogP contribution is 2.35. The monoisotopic (exact) mass is 413 g/mol. The average molecular weight is 415 g/mol. The Morgan fingerprint density at radius 2 is 1.81 bits per heavy atom. The number of hydrogen-bond donors (Lipinski definition) is 1. The van der Waals surface area contributed by atoms with Gasteiger partial charge in [-0.25, -0.2) is 0 Å². The summed E-state index contributed by atoms with van der Waals surface area (Å²) in [6.45, 7) is 2.60. The second-order valence-electron chi connectivity index (χ2n) is 4.48. The molecule has 0 saturated heterocycles. The number of methoxy groups -OCH3 is 1. The molecular weight excluding hydrogens is 398 g/mol. The minimum Gasteiger partial charge on any atom is -0.496 e. The Morgan fingerprint density at radius 3 is 2.43 bits per heavy atom. The van der Waals surface area contributed by atoms with Crippen molar-refractivity contribution in [2.75, 3.05) is 13.7 Å². The van der Waals surface area contributed by atoms with Crippen molar-refractivity contribution in [3.8, 4) is 11.5 Å². The van der Waals surface area contributed by atoms with Gasteiger partial charge in [0.2, 0.25) is 0 Å². The van der Waals surface area contributed by atoms with Crippen molar-refractivity contribution in [1.29, 1.82) is 0 Å². The lowest BCUT2D eigenvalue weighted by molar-refractivity contribution is 0.340. The van der Waals surface area contributed by atoms with Gasteiger partial charge >= 0.3 is 0 Å². The van der Waals surface area contributed by atoms with Gasteiger partial charge in [0.05, 0.1) is 19.8 Å². The fourth-order valence-corrected chi connectivity index (χ4v) is 3.07. The summed E-state index contributed by atoms with van der Waals surface area (Å²) in [5.41, 5.74) is 8.32. The van der Waals surface area contributed by atoms with Crippen molar-refractivity contribution in [2.24, 2.45) is 5.73 Å². The van der Waals surface area contributed by atoms with E-state index in [0.717, 1.165) is 31.6 Å². The van der Waals surface area contributed by atoms with E-state index in [2.05, 4.69) is 31.9 Å². The largest absolute Gasteiger partial charge is 0.496 e. The van der Waals surface area contributed by atoms with Gasteiger partial charge in [0, 0.05) is 14.5 Å². The topological polar surface area (TPSA) is 44.5 Å². The molecule has 2 aromatic carbocycles. The van der Waals surface area contributed by atoms with Crippen molar-refractivity contribution < 1.29 is 9.47 Å². The third-order valence-electron chi connectivity index (χ3n) is 3.15. The Kier molecular flexibility index (Phi) is 5.67. The van der Waals surface area contributed by atoms with Gasteiger partial charge in [-0.3, -0.25) is 0 Å². The molecule has 1 atom stereocenters. The Hall–Kier alpha value is -1.04. The first kappa shape index (κ1) is 16.3. The normalized spacial score (nSPS) is 12.0. The molecule has 5 heteroatoms. The maximum absolute atomic E-state index is 6.40. The van der Waals surface area contributed by atoms with Crippen LogP contribution in [0.5, 0.6) is 11.5 Å². The van der Waals surface area contributed by atoms with E-state index in [1.165, 1.54) is 0 Å². The van der Waals surface area contributed by atoms with Crippen LogP contribution in [0.15, 0.2) is 45.3 Å². The SMILES string of the molecule is CCOc1ccc(C(N)c2ccc(Br)cc2OC)c(Br)c1. The van der Waals surface area contributed by atoms with E-state index in [0.29, 0.717) is 6.61 Å². The third-order valence-corrected chi connectivity index (χ3v) is 4.33. The smallest absolute Gasteiger partial charge is 0.125 e. The van der Waals surface area contributed by atoms with E-state index in [9.17, 15) is 0 Å². The first-order chi connectivity index (χ1) is 10.1. The van der Waals surface area contributed by atoms with Gasteiger partial charge in [0.25, 0.3) is 0 Å². The van der Waals surface area contributed by atoms with Gasteiger partial charge in [-0.05, 0) is 36.8 Å². The third kappa shape index (κ3) is 3.78. The van der Waals surface area contributed by atoms with E-state index in [4.69, 9.17) is 15.2 Å². The molecule has 21 heavy (non-hydrogen) atoms. The van der Waals surface area contributed by atoms with Crippen molar-refractivity contribution in [1.82, 2.24) is 0 Å². The highest BCUT2D eigenvalue weighted by atomic mass is 79.9. The lowest BCUT2D eigenvalue weighted by Gasteiger charge is -2.18. The van der Waals surface area contributed by atoms with Gasteiger partial charge in [0.1, 0.15) is 11.5 Å². The molecule has 3 nitrogen and oxygen atoms in total. The molecular formula is C16H17Br2NO2. The second kappa shape index (κ2) is 7.29. The van der Waals surface area contributed by atoms with Gasteiger partial charge < -0.3 is 15.2 Å². The molecule has 0 fully saturated rings. The van der Waals surface area contributed by atoms with Gasteiger partial charge in [-0.15, -0.1) is 0 Å². The molecule has 0 radical (unpaired) electrons. The van der Waals surface area contributed by atoms with Crippen LogP contribution in [0.1, 0.15) is 24.1 Å². The molecule has 0 aliphatic rings. The maximum atomic E-state index is 6.40. The summed E-state index contributed by atoms with van der Waals surface area (Å²) in [7, 11) is 1.64. The number of halogens is 2. The lowest BCUT2D eigenvalue weighted by Crippen LogP contribution is -2.13. The Balaban J connectivity index is 2.38. The summed E-state index contributed by atoms with van der Waals surface area (Å²) in [5, 5.41) is 0. The molecule has 2 aromatic rings. The molecule has 0 spiro atoms. The molecule has 0 amide bonds. The molecule has 112 valence electrons. The molecule has 0 aliphatic carbocycles. The van der Waals surface area contributed by atoms with Crippen LogP contribution in [-0.2, 0) is 0 Å². The fraction of sp³-hybridized carbons (Fsp3) is 0.250. The van der Waals surface area contributed by atoms with E-state index in [-0.39, 0.29) is 6.04 Å². The number of benzene rings is 2. The maximum Gasteiger partial charge on any atom is 0.125 e. The fourth-order valence-electron chi connectivity index (χ4n) is 2.13. The first-order valence-electron chi connectivity index (χ1n) is 6.58. The minimum absolute atomic E-state index is 0.280. The van der Waals surface area contributed by atoms with Gasteiger partial charge in [0.15, 0.2) is 0 Å². The molecule has 2 N–H and O–H groups in total. The van der Waals surface area contributed by atoms with E-state index in [1.807, 2.05) is 43.3 Å². The molecule has 2 rings (SSSR count). The van der Waals surface area contributed by atoms with Crippen LogP contribution in [-0.4, -0.2) is 13.7 Å². The summed E-state index contributed by atoms with van der Waals surface area (Å²) in [5.74, 6) is 1.58. The van der Waals surface area contributed by atoms with Crippen LogP contribution in [0, 0.1) is 0 Å². The number of ether oxygens (including phenoxy) is 2. The van der Waals surface area contributed by atoms with Crippen LogP contribution in [0.2, 0.25) is 0 Å². The van der Waals surface area contributed by atoms with Gasteiger partial charge in [-0.1, -0.05) is 44.0 Å². The van der Waals surface area contributed by atoms with E-state index >= 15 is 0 Å². The summed E-state index contributed by atoms with van der Waals surface area (Å²) in [4.78, 5) is 0. The highest BCUT2D eigenvalue weighted by molar-refractivity contribution is 9.10. The predicted octanol–water partition coefficient (Wildman–Crippen LogP) is 4.67. The Bertz CT molecular complexity index is 632. The van der Waals surface area contributed by atoms with Gasteiger partial charge in [-0.2, -0.15) is 0 Å². The van der Waals surface area contributed by atoms with Crippen molar-refractivity contribution in [3.63, 3.8) is 0 Å². The molecule has 0 bridgehead atoms. The quantitative estimate of drug-likeness (QED) is 0.773. The summed E-state index contributed by atoms with van der Waals surface area (Å²) < 4.78 is 12.8. The first-order valence-corrected chi connectivity index (χ1v) is 8.16. The molecule has 0 aromatic heterocycles. The Labute approximate surface area is 141 Å². The van der Waals surface area contributed by atoms with Crippen LogP contribution >= 0.6 is 31.9 Å².